The Labute approximate surface area is 181 Å². The van der Waals surface area contributed by atoms with Crippen LogP contribution in [-0.4, -0.2) is 42.3 Å². The van der Waals surface area contributed by atoms with Gasteiger partial charge in [0.1, 0.15) is 0 Å². The third-order valence-corrected chi connectivity index (χ3v) is 5.41. The van der Waals surface area contributed by atoms with Crippen molar-refractivity contribution in [2.75, 3.05) is 13.2 Å². The highest BCUT2D eigenvalue weighted by atomic mass is 16.5. The standard InChI is InChI=1S/C23H18N6O3/c30-22-17-13-25-23-26-21(16-4-7-24-8-5-16)27-29(23)18(17)6-9-28(22)14-15-2-3-19-20(12-15)32-11-1-10-31-19/h2-9,12-13H,1,10-11,14H2. The second kappa shape index (κ2) is 7.45. The molecule has 0 aliphatic carbocycles. The van der Waals surface area contributed by atoms with Crippen LogP contribution in [0.3, 0.4) is 0 Å². The van der Waals surface area contributed by atoms with Gasteiger partial charge >= 0.3 is 0 Å². The lowest BCUT2D eigenvalue weighted by molar-refractivity contribution is 0.297. The Bertz CT molecular complexity index is 1510. The zero-order chi connectivity index (χ0) is 21.5. The van der Waals surface area contributed by atoms with Gasteiger partial charge in [0.15, 0.2) is 17.3 Å². The highest BCUT2D eigenvalue weighted by Crippen LogP contribution is 2.30. The van der Waals surface area contributed by atoms with Gasteiger partial charge in [-0.3, -0.25) is 9.78 Å². The van der Waals surface area contributed by atoms with E-state index in [0.29, 0.717) is 48.0 Å². The molecule has 0 amide bonds. The molecular weight excluding hydrogens is 408 g/mol. The molecule has 6 rings (SSSR count). The number of benzene rings is 1. The first-order valence-electron chi connectivity index (χ1n) is 10.3. The van der Waals surface area contributed by atoms with Crippen molar-refractivity contribution in [3.8, 4) is 22.9 Å². The average Bonchev–Trinajstić information content (AvgIpc) is 3.14. The summed E-state index contributed by atoms with van der Waals surface area (Å²) in [4.78, 5) is 26.1. The van der Waals surface area contributed by atoms with Crippen LogP contribution in [0.25, 0.3) is 28.1 Å². The number of nitrogens with zero attached hydrogens (tertiary/aromatic N) is 6. The monoisotopic (exact) mass is 426 g/mol. The lowest BCUT2D eigenvalue weighted by Gasteiger charge is -2.11. The topological polar surface area (TPSA) is 96.4 Å². The number of hydrogen-bond acceptors (Lipinski definition) is 7. The Hall–Kier alpha value is -4.27. The van der Waals surface area contributed by atoms with Gasteiger partial charge in [-0.15, -0.1) is 5.10 Å². The molecule has 4 aromatic heterocycles. The van der Waals surface area contributed by atoms with Crippen molar-refractivity contribution in [2.45, 2.75) is 13.0 Å². The summed E-state index contributed by atoms with van der Waals surface area (Å²) < 4.78 is 14.7. The highest BCUT2D eigenvalue weighted by molar-refractivity contribution is 5.79. The highest BCUT2D eigenvalue weighted by Gasteiger charge is 2.14. The van der Waals surface area contributed by atoms with Crippen molar-refractivity contribution in [3.63, 3.8) is 0 Å². The van der Waals surface area contributed by atoms with Crippen LogP contribution in [0.15, 0.2) is 66.0 Å². The first kappa shape index (κ1) is 18.5. The summed E-state index contributed by atoms with van der Waals surface area (Å²) in [5, 5.41) is 5.03. The van der Waals surface area contributed by atoms with Crippen LogP contribution >= 0.6 is 0 Å². The van der Waals surface area contributed by atoms with E-state index in [9.17, 15) is 4.79 Å². The van der Waals surface area contributed by atoms with E-state index in [0.717, 1.165) is 23.3 Å². The Morgan fingerprint density at radius 2 is 1.84 bits per heavy atom. The molecule has 32 heavy (non-hydrogen) atoms. The number of ether oxygens (including phenoxy) is 2. The van der Waals surface area contributed by atoms with Gasteiger partial charge < -0.3 is 14.0 Å². The Kier molecular flexibility index (Phi) is 4.31. The van der Waals surface area contributed by atoms with Gasteiger partial charge in [-0.1, -0.05) is 6.07 Å². The molecule has 1 aromatic carbocycles. The summed E-state index contributed by atoms with van der Waals surface area (Å²) in [5.41, 5.74) is 2.29. The molecule has 0 saturated heterocycles. The summed E-state index contributed by atoms with van der Waals surface area (Å²) >= 11 is 0. The van der Waals surface area contributed by atoms with Crippen LogP contribution in [0.4, 0.5) is 0 Å². The summed E-state index contributed by atoms with van der Waals surface area (Å²) in [7, 11) is 0. The van der Waals surface area contributed by atoms with Crippen molar-refractivity contribution in [2.24, 2.45) is 0 Å². The normalized spacial score (nSPS) is 13.4. The molecule has 0 saturated carbocycles. The molecule has 0 fully saturated rings. The van der Waals surface area contributed by atoms with E-state index in [-0.39, 0.29) is 5.56 Å². The molecule has 1 aliphatic rings. The molecule has 9 nitrogen and oxygen atoms in total. The number of hydrogen-bond donors (Lipinski definition) is 0. The van der Waals surface area contributed by atoms with Gasteiger partial charge in [-0.25, -0.2) is 4.98 Å². The molecular formula is C23H18N6O3. The fourth-order valence-electron chi connectivity index (χ4n) is 3.81. The van der Waals surface area contributed by atoms with Gasteiger partial charge in [0.25, 0.3) is 11.3 Å². The number of rotatable bonds is 3. The molecule has 0 radical (unpaired) electrons. The Balaban J connectivity index is 1.39. The predicted molar refractivity (Wildman–Crippen MR) is 117 cm³/mol. The van der Waals surface area contributed by atoms with Crippen molar-refractivity contribution < 1.29 is 9.47 Å². The lowest BCUT2D eigenvalue weighted by atomic mass is 10.2. The van der Waals surface area contributed by atoms with Crippen molar-refractivity contribution in [1.29, 1.82) is 0 Å². The average molecular weight is 426 g/mol. The second-order valence-electron chi connectivity index (χ2n) is 7.52. The van der Waals surface area contributed by atoms with Crippen molar-refractivity contribution in [1.82, 2.24) is 29.1 Å². The maximum Gasteiger partial charge on any atom is 0.261 e. The maximum atomic E-state index is 13.2. The minimum atomic E-state index is -0.148. The van der Waals surface area contributed by atoms with E-state index in [1.54, 1.807) is 33.9 Å². The number of pyridine rings is 2. The molecule has 5 aromatic rings. The molecule has 1 aliphatic heterocycles. The minimum Gasteiger partial charge on any atom is -0.490 e. The fraction of sp³-hybridized carbons (Fsp3) is 0.174. The molecule has 0 N–H and O–H groups in total. The third kappa shape index (κ3) is 3.15. The first-order chi connectivity index (χ1) is 15.8. The minimum absolute atomic E-state index is 0.148. The van der Waals surface area contributed by atoms with E-state index in [4.69, 9.17) is 9.47 Å². The summed E-state index contributed by atoms with van der Waals surface area (Å²) in [6.45, 7) is 1.67. The molecule has 158 valence electrons. The molecule has 0 unspecified atom stereocenters. The first-order valence-corrected chi connectivity index (χ1v) is 10.3. The molecule has 0 atom stereocenters. The SMILES string of the molecule is O=c1c2cnc3nc(-c4ccncc4)nn3c2ccn1Cc1ccc2c(c1)OCCCO2. The van der Waals surface area contributed by atoms with Crippen LogP contribution in [0.2, 0.25) is 0 Å². The van der Waals surface area contributed by atoms with E-state index in [2.05, 4.69) is 20.1 Å². The fourth-order valence-corrected chi connectivity index (χ4v) is 3.81. The van der Waals surface area contributed by atoms with E-state index in [1.807, 2.05) is 36.4 Å². The van der Waals surface area contributed by atoms with Gasteiger partial charge in [0, 0.05) is 36.8 Å². The van der Waals surface area contributed by atoms with E-state index < -0.39 is 0 Å². The Morgan fingerprint density at radius 1 is 1.00 bits per heavy atom. The van der Waals surface area contributed by atoms with Crippen molar-refractivity contribution >= 4 is 16.7 Å². The molecule has 5 heterocycles. The summed E-state index contributed by atoms with van der Waals surface area (Å²) in [6, 6.07) is 11.3. The molecule has 0 spiro atoms. The number of aromatic nitrogens is 6. The third-order valence-electron chi connectivity index (χ3n) is 5.41. The quantitative estimate of drug-likeness (QED) is 0.438. The van der Waals surface area contributed by atoms with Gasteiger partial charge in [0.2, 0.25) is 0 Å². The van der Waals surface area contributed by atoms with Gasteiger partial charge in [-0.2, -0.15) is 9.50 Å². The largest absolute Gasteiger partial charge is 0.490 e. The van der Waals surface area contributed by atoms with E-state index in [1.165, 1.54) is 0 Å². The van der Waals surface area contributed by atoms with Crippen LogP contribution in [0.1, 0.15) is 12.0 Å². The Morgan fingerprint density at radius 3 is 2.72 bits per heavy atom. The maximum absolute atomic E-state index is 13.2. The zero-order valence-corrected chi connectivity index (χ0v) is 17.0. The van der Waals surface area contributed by atoms with Crippen LogP contribution < -0.4 is 15.0 Å². The van der Waals surface area contributed by atoms with Crippen LogP contribution in [0.5, 0.6) is 11.5 Å². The number of fused-ring (bicyclic) bond motifs is 4. The molecule has 0 bridgehead atoms. The molecule has 9 heteroatoms. The predicted octanol–water partition coefficient (Wildman–Crippen LogP) is 2.71. The van der Waals surface area contributed by atoms with Gasteiger partial charge in [0.05, 0.1) is 30.7 Å². The van der Waals surface area contributed by atoms with E-state index >= 15 is 0 Å². The summed E-state index contributed by atoms with van der Waals surface area (Å²) in [6.07, 6.45) is 7.54. The van der Waals surface area contributed by atoms with Crippen LogP contribution in [0, 0.1) is 0 Å². The second-order valence-corrected chi connectivity index (χ2v) is 7.52. The van der Waals surface area contributed by atoms with Gasteiger partial charge in [-0.05, 0) is 35.9 Å². The van der Waals surface area contributed by atoms with Crippen LogP contribution in [-0.2, 0) is 6.54 Å². The lowest BCUT2D eigenvalue weighted by Crippen LogP contribution is -2.21. The summed E-state index contributed by atoms with van der Waals surface area (Å²) in [5.74, 6) is 2.41. The smallest absolute Gasteiger partial charge is 0.261 e. The van der Waals surface area contributed by atoms with Crippen molar-refractivity contribution in [3.05, 3.63) is 77.1 Å². The zero-order valence-electron chi connectivity index (χ0n) is 17.0.